The summed E-state index contributed by atoms with van der Waals surface area (Å²) in [5.74, 6) is 0.311. The standard InChI is InChI=1S/C14H21N3O4/c1-4-7-15-13(10(2)3)8-11-5-6-12(16(18)19)9-14(11)17(20)21/h5-6,9-10,13,15H,4,7-8H2,1-3H3. The maximum Gasteiger partial charge on any atom is 0.279 e. The van der Waals surface area contributed by atoms with Crippen LogP contribution in [-0.4, -0.2) is 22.4 Å². The number of nitro benzene ring substituents is 2. The largest absolute Gasteiger partial charge is 0.313 e. The molecule has 0 aliphatic rings. The number of non-ortho nitro benzene ring substituents is 1. The van der Waals surface area contributed by atoms with Crippen LogP contribution >= 0.6 is 0 Å². The van der Waals surface area contributed by atoms with Gasteiger partial charge in [0.2, 0.25) is 0 Å². The summed E-state index contributed by atoms with van der Waals surface area (Å²) in [7, 11) is 0. The van der Waals surface area contributed by atoms with Crippen LogP contribution in [0.2, 0.25) is 0 Å². The fourth-order valence-electron chi connectivity index (χ4n) is 2.12. The monoisotopic (exact) mass is 295 g/mol. The van der Waals surface area contributed by atoms with E-state index >= 15 is 0 Å². The first kappa shape index (κ1) is 17.0. The molecular formula is C14H21N3O4. The van der Waals surface area contributed by atoms with Gasteiger partial charge in [-0.25, -0.2) is 0 Å². The van der Waals surface area contributed by atoms with Gasteiger partial charge in [-0.05, 0) is 31.4 Å². The van der Waals surface area contributed by atoms with Gasteiger partial charge < -0.3 is 5.32 Å². The highest BCUT2D eigenvalue weighted by molar-refractivity contribution is 5.49. The van der Waals surface area contributed by atoms with Crippen molar-refractivity contribution >= 4 is 11.4 Å². The molecule has 7 heteroatoms. The van der Waals surface area contributed by atoms with Gasteiger partial charge in [-0.15, -0.1) is 0 Å². The smallest absolute Gasteiger partial charge is 0.279 e. The summed E-state index contributed by atoms with van der Waals surface area (Å²) in [6.45, 7) is 6.98. The number of hydrogen-bond donors (Lipinski definition) is 1. The number of rotatable bonds is 8. The molecule has 0 radical (unpaired) electrons. The lowest BCUT2D eigenvalue weighted by Crippen LogP contribution is -2.36. The molecule has 0 aromatic heterocycles. The van der Waals surface area contributed by atoms with Gasteiger partial charge in [0.15, 0.2) is 0 Å². The van der Waals surface area contributed by atoms with E-state index < -0.39 is 9.85 Å². The predicted molar refractivity (Wildman–Crippen MR) is 80.4 cm³/mol. The van der Waals surface area contributed by atoms with E-state index in [4.69, 9.17) is 0 Å². The molecule has 1 atom stereocenters. The SMILES string of the molecule is CCCNC(Cc1ccc([N+](=O)[O-])cc1[N+](=O)[O-])C(C)C. The van der Waals surface area contributed by atoms with Crippen LogP contribution in [0, 0.1) is 26.1 Å². The van der Waals surface area contributed by atoms with Crippen molar-refractivity contribution in [2.75, 3.05) is 6.54 Å². The van der Waals surface area contributed by atoms with Crippen LogP contribution < -0.4 is 5.32 Å². The maximum atomic E-state index is 11.1. The van der Waals surface area contributed by atoms with Crippen LogP contribution in [-0.2, 0) is 6.42 Å². The van der Waals surface area contributed by atoms with Crippen LogP contribution in [0.5, 0.6) is 0 Å². The second kappa shape index (κ2) is 7.68. The van der Waals surface area contributed by atoms with Gasteiger partial charge in [0, 0.05) is 17.7 Å². The lowest BCUT2D eigenvalue weighted by molar-refractivity contribution is -0.394. The normalized spacial score (nSPS) is 12.4. The molecule has 0 amide bonds. The lowest BCUT2D eigenvalue weighted by Gasteiger charge is -2.22. The minimum atomic E-state index is -0.619. The van der Waals surface area contributed by atoms with Crippen LogP contribution in [0.1, 0.15) is 32.8 Å². The van der Waals surface area contributed by atoms with Crippen molar-refractivity contribution in [3.63, 3.8) is 0 Å². The number of benzene rings is 1. The third kappa shape index (κ3) is 4.78. The molecule has 1 aromatic carbocycles. The zero-order chi connectivity index (χ0) is 16.0. The molecular weight excluding hydrogens is 274 g/mol. The maximum absolute atomic E-state index is 11.1. The summed E-state index contributed by atoms with van der Waals surface area (Å²) in [4.78, 5) is 20.7. The van der Waals surface area contributed by atoms with E-state index in [9.17, 15) is 20.2 Å². The van der Waals surface area contributed by atoms with E-state index in [1.165, 1.54) is 12.1 Å². The number of nitro groups is 2. The highest BCUT2D eigenvalue weighted by Crippen LogP contribution is 2.26. The molecule has 0 bridgehead atoms. The second-order valence-corrected chi connectivity index (χ2v) is 5.34. The highest BCUT2D eigenvalue weighted by Gasteiger charge is 2.23. The molecule has 0 aliphatic heterocycles. The van der Waals surface area contributed by atoms with Gasteiger partial charge in [0.1, 0.15) is 0 Å². The highest BCUT2D eigenvalue weighted by atomic mass is 16.6. The molecule has 0 saturated carbocycles. The Bertz CT molecular complexity index is 517. The van der Waals surface area contributed by atoms with Gasteiger partial charge in [0.25, 0.3) is 11.4 Å². The van der Waals surface area contributed by atoms with Crippen molar-refractivity contribution in [3.05, 3.63) is 44.0 Å². The van der Waals surface area contributed by atoms with Crippen LogP contribution in [0.15, 0.2) is 18.2 Å². The van der Waals surface area contributed by atoms with Gasteiger partial charge in [-0.1, -0.05) is 20.8 Å². The van der Waals surface area contributed by atoms with Crippen LogP contribution in [0.25, 0.3) is 0 Å². The molecule has 7 nitrogen and oxygen atoms in total. The van der Waals surface area contributed by atoms with Crippen molar-refractivity contribution in [2.24, 2.45) is 5.92 Å². The fourth-order valence-corrected chi connectivity index (χ4v) is 2.12. The zero-order valence-electron chi connectivity index (χ0n) is 12.5. The molecule has 1 rings (SSSR count). The Hall–Kier alpha value is -2.02. The quantitative estimate of drug-likeness (QED) is 0.587. The minimum Gasteiger partial charge on any atom is -0.313 e. The predicted octanol–water partition coefficient (Wildman–Crippen LogP) is 3.07. The molecule has 1 N–H and O–H groups in total. The Morgan fingerprint density at radius 2 is 1.86 bits per heavy atom. The van der Waals surface area contributed by atoms with Crippen LogP contribution in [0.3, 0.4) is 0 Å². The molecule has 116 valence electrons. The summed E-state index contributed by atoms with van der Waals surface area (Å²) in [6, 6.07) is 3.94. The Labute approximate surface area is 123 Å². The molecule has 0 spiro atoms. The zero-order valence-corrected chi connectivity index (χ0v) is 12.5. The summed E-state index contributed by atoms with van der Waals surface area (Å²) < 4.78 is 0. The van der Waals surface area contributed by atoms with Crippen molar-refractivity contribution in [1.29, 1.82) is 0 Å². The third-order valence-electron chi connectivity index (χ3n) is 3.38. The summed E-state index contributed by atoms with van der Waals surface area (Å²) in [5, 5.41) is 25.2. The van der Waals surface area contributed by atoms with E-state index in [0.29, 0.717) is 17.9 Å². The van der Waals surface area contributed by atoms with Crippen molar-refractivity contribution in [2.45, 2.75) is 39.7 Å². The van der Waals surface area contributed by atoms with E-state index in [2.05, 4.69) is 12.2 Å². The van der Waals surface area contributed by atoms with Gasteiger partial charge in [-0.2, -0.15) is 0 Å². The average molecular weight is 295 g/mol. The summed E-state index contributed by atoms with van der Waals surface area (Å²) in [5.41, 5.74) is 0.0779. The molecule has 1 unspecified atom stereocenters. The molecule has 0 heterocycles. The number of nitrogens with one attached hydrogen (secondary N) is 1. The molecule has 0 saturated heterocycles. The molecule has 0 fully saturated rings. The molecule has 0 aliphatic carbocycles. The van der Waals surface area contributed by atoms with Gasteiger partial charge in [-0.3, -0.25) is 20.2 Å². The molecule has 1 aromatic rings. The van der Waals surface area contributed by atoms with Gasteiger partial charge >= 0.3 is 0 Å². The van der Waals surface area contributed by atoms with Crippen molar-refractivity contribution in [1.82, 2.24) is 5.32 Å². The third-order valence-corrected chi connectivity index (χ3v) is 3.38. The first-order chi connectivity index (χ1) is 9.86. The van der Waals surface area contributed by atoms with Crippen LogP contribution in [0.4, 0.5) is 11.4 Å². The Kier molecular flexibility index (Phi) is 6.23. The second-order valence-electron chi connectivity index (χ2n) is 5.34. The Balaban J connectivity index is 3.05. The Morgan fingerprint density at radius 1 is 1.19 bits per heavy atom. The summed E-state index contributed by atoms with van der Waals surface area (Å²) >= 11 is 0. The van der Waals surface area contributed by atoms with Crippen molar-refractivity contribution < 1.29 is 9.85 Å². The first-order valence-corrected chi connectivity index (χ1v) is 7.01. The van der Waals surface area contributed by atoms with E-state index in [1.807, 2.05) is 13.8 Å². The van der Waals surface area contributed by atoms with E-state index in [1.54, 1.807) is 0 Å². The number of hydrogen-bond acceptors (Lipinski definition) is 5. The van der Waals surface area contributed by atoms with E-state index in [-0.39, 0.29) is 17.4 Å². The number of nitrogens with zero attached hydrogens (tertiary/aromatic N) is 2. The lowest BCUT2D eigenvalue weighted by atomic mass is 9.95. The molecule has 21 heavy (non-hydrogen) atoms. The Morgan fingerprint density at radius 3 is 2.33 bits per heavy atom. The van der Waals surface area contributed by atoms with Gasteiger partial charge in [0.05, 0.1) is 15.9 Å². The van der Waals surface area contributed by atoms with E-state index in [0.717, 1.165) is 19.0 Å². The average Bonchev–Trinajstić information content (AvgIpc) is 2.42. The fraction of sp³-hybridized carbons (Fsp3) is 0.571. The first-order valence-electron chi connectivity index (χ1n) is 7.01. The van der Waals surface area contributed by atoms with Crippen molar-refractivity contribution in [3.8, 4) is 0 Å². The topological polar surface area (TPSA) is 98.3 Å². The summed E-state index contributed by atoms with van der Waals surface area (Å²) in [6.07, 6.45) is 1.46. The minimum absolute atomic E-state index is 0.102.